The number of fused-ring (bicyclic) bond motifs is 1. The average molecular weight is 548 g/mol. The van der Waals surface area contributed by atoms with E-state index in [0.717, 1.165) is 17.5 Å². The smallest absolute Gasteiger partial charge is 0.421 e. The SMILES string of the molecule is COc1ccc2c(c1)c(CCN(C)C)cn2C(=O)OC(OC(=O)[C@](C)(NC(=O)OC(C)(C)C)C(C)C)C(C)C. The molecule has 0 radical (unpaired) electrons. The lowest BCUT2D eigenvalue weighted by Gasteiger charge is -2.34. The minimum atomic E-state index is -1.42. The topological polar surface area (TPSA) is 108 Å². The fraction of sp³-hybridized carbons (Fsp3) is 0.621. The third-order valence-corrected chi connectivity index (χ3v) is 6.44. The number of esters is 1. The van der Waals surface area contributed by atoms with Crippen molar-refractivity contribution < 1.29 is 33.3 Å². The van der Waals surface area contributed by atoms with Crippen molar-refractivity contribution in [3.8, 4) is 5.75 Å². The number of amides is 1. The Labute approximate surface area is 231 Å². The van der Waals surface area contributed by atoms with Crippen LogP contribution in [0.2, 0.25) is 0 Å². The van der Waals surface area contributed by atoms with Crippen LogP contribution in [0.4, 0.5) is 9.59 Å². The lowest BCUT2D eigenvalue weighted by atomic mass is 9.88. The molecule has 1 unspecified atom stereocenters. The van der Waals surface area contributed by atoms with E-state index in [4.69, 9.17) is 18.9 Å². The first-order chi connectivity index (χ1) is 18.0. The van der Waals surface area contributed by atoms with Crippen molar-refractivity contribution in [2.24, 2.45) is 11.8 Å². The summed E-state index contributed by atoms with van der Waals surface area (Å²) in [5, 5.41) is 3.52. The maximum absolute atomic E-state index is 13.4. The van der Waals surface area contributed by atoms with Gasteiger partial charge >= 0.3 is 18.2 Å². The van der Waals surface area contributed by atoms with Crippen molar-refractivity contribution in [1.29, 1.82) is 0 Å². The number of alkyl carbamates (subject to hydrolysis) is 1. The fourth-order valence-electron chi connectivity index (χ4n) is 3.73. The highest BCUT2D eigenvalue weighted by molar-refractivity contribution is 5.93. The van der Waals surface area contributed by atoms with Gasteiger partial charge in [-0.25, -0.2) is 14.4 Å². The quantitative estimate of drug-likeness (QED) is 0.319. The van der Waals surface area contributed by atoms with Gasteiger partial charge in [0.25, 0.3) is 6.29 Å². The van der Waals surface area contributed by atoms with E-state index in [1.165, 1.54) is 4.57 Å². The number of hydrogen-bond donors (Lipinski definition) is 1. The second-order valence-corrected chi connectivity index (χ2v) is 11.8. The van der Waals surface area contributed by atoms with Gasteiger partial charge in [0.2, 0.25) is 0 Å². The summed E-state index contributed by atoms with van der Waals surface area (Å²) in [7, 11) is 5.56. The largest absolute Gasteiger partial charge is 0.497 e. The molecular formula is C29H45N3O7. The normalized spacial score (nSPS) is 14.3. The van der Waals surface area contributed by atoms with Gasteiger partial charge in [0.15, 0.2) is 0 Å². The molecule has 2 aromatic rings. The molecule has 0 saturated heterocycles. The van der Waals surface area contributed by atoms with Crippen molar-refractivity contribution in [3.05, 3.63) is 30.0 Å². The molecule has 2 rings (SSSR count). The second-order valence-electron chi connectivity index (χ2n) is 11.8. The monoisotopic (exact) mass is 547 g/mol. The molecular weight excluding hydrogens is 502 g/mol. The number of nitrogens with one attached hydrogen (secondary N) is 1. The molecule has 0 aliphatic heterocycles. The number of benzene rings is 1. The van der Waals surface area contributed by atoms with Crippen LogP contribution < -0.4 is 10.1 Å². The first-order valence-electron chi connectivity index (χ1n) is 13.2. The Morgan fingerprint density at radius 2 is 1.67 bits per heavy atom. The van der Waals surface area contributed by atoms with Gasteiger partial charge < -0.3 is 29.2 Å². The van der Waals surface area contributed by atoms with Gasteiger partial charge in [-0.05, 0) is 77.9 Å². The van der Waals surface area contributed by atoms with E-state index < -0.39 is 35.6 Å². The molecule has 218 valence electrons. The fourth-order valence-corrected chi connectivity index (χ4v) is 3.73. The number of likely N-dealkylation sites (N-methyl/N-ethyl adjacent to an activating group) is 1. The van der Waals surface area contributed by atoms with Crippen molar-refractivity contribution in [3.63, 3.8) is 0 Å². The zero-order valence-corrected chi connectivity index (χ0v) is 25.2. The molecule has 0 spiro atoms. The summed E-state index contributed by atoms with van der Waals surface area (Å²) < 4.78 is 23.6. The van der Waals surface area contributed by atoms with Gasteiger partial charge in [-0.3, -0.25) is 4.57 Å². The van der Waals surface area contributed by atoms with Gasteiger partial charge in [0, 0.05) is 24.0 Å². The number of carbonyl (C=O) groups excluding carboxylic acids is 3. The van der Waals surface area contributed by atoms with Crippen LogP contribution in [-0.4, -0.2) is 72.8 Å². The molecule has 1 heterocycles. The van der Waals surface area contributed by atoms with E-state index in [9.17, 15) is 14.4 Å². The van der Waals surface area contributed by atoms with E-state index in [0.29, 0.717) is 17.7 Å². The molecule has 0 aliphatic carbocycles. The molecule has 2 atom stereocenters. The number of carbonyl (C=O) groups is 3. The summed E-state index contributed by atoms with van der Waals surface area (Å²) in [4.78, 5) is 41.3. The molecule has 39 heavy (non-hydrogen) atoms. The second kappa shape index (κ2) is 12.7. The van der Waals surface area contributed by atoms with Crippen LogP contribution in [0.3, 0.4) is 0 Å². The summed E-state index contributed by atoms with van der Waals surface area (Å²) in [6, 6.07) is 5.46. The summed E-state index contributed by atoms with van der Waals surface area (Å²) in [5.74, 6) is -0.752. The molecule has 1 N–H and O–H groups in total. The van der Waals surface area contributed by atoms with Gasteiger partial charge in [-0.1, -0.05) is 27.7 Å². The van der Waals surface area contributed by atoms with Crippen molar-refractivity contribution in [2.75, 3.05) is 27.7 Å². The van der Waals surface area contributed by atoms with E-state index in [-0.39, 0.29) is 11.8 Å². The minimum absolute atomic E-state index is 0.344. The van der Waals surface area contributed by atoms with Crippen LogP contribution in [0.15, 0.2) is 24.4 Å². The highest BCUT2D eigenvalue weighted by Crippen LogP contribution is 2.28. The zero-order valence-electron chi connectivity index (χ0n) is 25.2. The van der Waals surface area contributed by atoms with Gasteiger partial charge in [-0.2, -0.15) is 0 Å². The number of rotatable bonds is 10. The predicted octanol–water partition coefficient (Wildman–Crippen LogP) is 5.20. The summed E-state index contributed by atoms with van der Waals surface area (Å²) >= 11 is 0. The van der Waals surface area contributed by atoms with Crippen LogP contribution in [0.1, 0.15) is 61.0 Å². The summed E-state index contributed by atoms with van der Waals surface area (Å²) in [5.41, 5.74) is -0.544. The maximum atomic E-state index is 13.4. The minimum Gasteiger partial charge on any atom is -0.497 e. The van der Waals surface area contributed by atoms with E-state index in [1.807, 2.05) is 20.2 Å². The third kappa shape index (κ3) is 8.36. The number of ether oxygens (including phenoxy) is 4. The van der Waals surface area contributed by atoms with Crippen LogP contribution >= 0.6 is 0 Å². The first kappa shape index (κ1) is 31.9. The number of methoxy groups -OCH3 is 1. The van der Waals surface area contributed by atoms with Crippen molar-refractivity contribution >= 4 is 29.1 Å². The van der Waals surface area contributed by atoms with Gasteiger partial charge in [0.1, 0.15) is 16.9 Å². The lowest BCUT2D eigenvalue weighted by molar-refractivity contribution is -0.183. The standard InChI is InChI=1S/C29H45N3O7/c1-18(2)24(37-25(33)29(8,19(3)4)30-26(34)39-28(5,6)7)38-27(35)32-17-20(14-15-31(9)10)22-16-21(36-11)12-13-23(22)32/h12-13,16-19,24H,14-15H2,1-11H3,(H,30,34)/t24?,29-/m1/s1. The van der Waals surface area contributed by atoms with Crippen LogP contribution in [-0.2, 0) is 25.4 Å². The Morgan fingerprint density at radius 1 is 1.03 bits per heavy atom. The summed E-state index contributed by atoms with van der Waals surface area (Å²) in [6.45, 7) is 14.7. The van der Waals surface area contributed by atoms with Gasteiger partial charge in [-0.15, -0.1) is 0 Å². The summed E-state index contributed by atoms with van der Waals surface area (Å²) in [6.07, 6.45) is -0.156. The lowest BCUT2D eigenvalue weighted by Crippen LogP contribution is -2.58. The molecule has 10 nitrogen and oxygen atoms in total. The average Bonchev–Trinajstić information content (AvgIpc) is 3.18. The number of hydrogen-bond acceptors (Lipinski definition) is 8. The number of aromatic nitrogens is 1. The molecule has 1 amide bonds. The van der Waals surface area contributed by atoms with Crippen LogP contribution in [0, 0.1) is 11.8 Å². The van der Waals surface area contributed by atoms with Crippen LogP contribution in [0.5, 0.6) is 5.75 Å². The van der Waals surface area contributed by atoms with E-state index in [2.05, 4.69) is 10.2 Å². The Kier molecular flexibility index (Phi) is 10.4. The van der Waals surface area contributed by atoms with Gasteiger partial charge in [0.05, 0.1) is 12.6 Å². The molecule has 0 fully saturated rings. The Morgan fingerprint density at radius 3 is 2.18 bits per heavy atom. The first-order valence-corrected chi connectivity index (χ1v) is 13.2. The molecule has 0 aliphatic rings. The van der Waals surface area contributed by atoms with E-state index in [1.54, 1.807) is 80.8 Å². The third-order valence-electron chi connectivity index (χ3n) is 6.44. The molecule has 1 aromatic carbocycles. The zero-order chi connectivity index (χ0) is 29.7. The molecule has 10 heteroatoms. The maximum Gasteiger partial charge on any atom is 0.421 e. The highest BCUT2D eigenvalue weighted by atomic mass is 16.7. The van der Waals surface area contributed by atoms with Crippen LogP contribution in [0.25, 0.3) is 10.9 Å². The Hall–Kier alpha value is -3.27. The van der Waals surface area contributed by atoms with Crippen molar-refractivity contribution in [1.82, 2.24) is 14.8 Å². The van der Waals surface area contributed by atoms with Crippen molar-refractivity contribution in [2.45, 2.75) is 79.2 Å². The Bertz CT molecular complexity index is 1160. The highest BCUT2D eigenvalue weighted by Gasteiger charge is 2.43. The molecule has 0 bridgehead atoms. The predicted molar refractivity (Wildman–Crippen MR) is 150 cm³/mol. The van der Waals surface area contributed by atoms with E-state index >= 15 is 0 Å². The molecule has 1 aromatic heterocycles. The molecule has 0 saturated carbocycles. The Balaban J connectivity index is 2.32. The number of nitrogens with zero attached hydrogens (tertiary/aromatic N) is 2.